The number of hydrogen-bond acceptors (Lipinski definition) is 6. The molecule has 1 N–H and O–H groups in total. The minimum Gasteiger partial charge on any atom is -0.497 e. The number of carbonyl (C=O) groups is 1. The summed E-state index contributed by atoms with van der Waals surface area (Å²) >= 11 is 1.28. The lowest BCUT2D eigenvalue weighted by Crippen LogP contribution is -2.20. The predicted octanol–water partition coefficient (Wildman–Crippen LogP) is 5.33. The van der Waals surface area contributed by atoms with Crippen LogP contribution in [0.5, 0.6) is 5.75 Å². The summed E-state index contributed by atoms with van der Waals surface area (Å²) in [4.78, 5) is 29.7. The van der Waals surface area contributed by atoms with Crippen LogP contribution < -0.4 is 15.7 Å². The smallest absolute Gasteiger partial charge is 0.349 e. The third-order valence-electron chi connectivity index (χ3n) is 4.98. The number of amides is 1. The molecular weight excluding hydrogens is 412 g/mol. The maximum absolute atomic E-state index is 12.8. The normalized spacial score (nSPS) is 11.0. The zero-order valence-electron chi connectivity index (χ0n) is 16.4. The van der Waals surface area contributed by atoms with Crippen LogP contribution in [0.4, 0.5) is 5.13 Å². The summed E-state index contributed by atoms with van der Waals surface area (Å²) in [5, 5.41) is 7.55. The molecule has 5 aromatic rings. The molecule has 0 bridgehead atoms. The van der Waals surface area contributed by atoms with E-state index in [-0.39, 0.29) is 5.56 Å². The van der Waals surface area contributed by atoms with Crippen molar-refractivity contribution in [3.63, 3.8) is 0 Å². The standard InChI is InChI=1S/C24H16N2O4S/c1-29-16-7-4-6-15(11-16)20-13-31-24(25-20)26-22(27)19-12-18-17-8-3-2-5-14(17)9-10-21(18)30-23(19)28/h2-13H,1H3,(H,25,26,27). The third-order valence-corrected chi connectivity index (χ3v) is 5.73. The first kappa shape index (κ1) is 19.0. The third kappa shape index (κ3) is 3.55. The van der Waals surface area contributed by atoms with Crippen molar-refractivity contribution in [3.05, 3.63) is 88.1 Å². The number of hydrogen-bond donors (Lipinski definition) is 1. The van der Waals surface area contributed by atoms with Crippen molar-refractivity contribution in [3.8, 4) is 17.0 Å². The van der Waals surface area contributed by atoms with Gasteiger partial charge in [-0.05, 0) is 35.0 Å². The Kier molecular flexibility index (Phi) is 4.72. The van der Waals surface area contributed by atoms with E-state index in [0.29, 0.717) is 21.8 Å². The number of anilines is 1. The summed E-state index contributed by atoms with van der Waals surface area (Å²) < 4.78 is 10.7. The lowest BCUT2D eigenvalue weighted by Gasteiger charge is -2.05. The number of fused-ring (bicyclic) bond motifs is 3. The number of nitrogens with zero attached hydrogens (tertiary/aromatic N) is 1. The molecule has 0 aliphatic carbocycles. The molecule has 0 saturated carbocycles. The highest BCUT2D eigenvalue weighted by Gasteiger charge is 2.17. The van der Waals surface area contributed by atoms with E-state index in [2.05, 4.69) is 10.3 Å². The lowest BCUT2D eigenvalue weighted by molar-refractivity contribution is 0.102. The van der Waals surface area contributed by atoms with Gasteiger partial charge >= 0.3 is 5.63 Å². The molecular formula is C24H16N2O4S. The van der Waals surface area contributed by atoms with Crippen LogP contribution in [0, 0.1) is 0 Å². The van der Waals surface area contributed by atoms with Gasteiger partial charge in [0.05, 0.1) is 12.8 Å². The van der Waals surface area contributed by atoms with Crippen molar-refractivity contribution in [2.75, 3.05) is 12.4 Å². The highest BCUT2D eigenvalue weighted by molar-refractivity contribution is 7.14. The predicted molar refractivity (Wildman–Crippen MR) is 122 cm³/mol. The molecule has 0 aliphatic rings. The van der Waals surface area contributed by atoms with Gasteiger partial charge in [-0.3, -0.25) is 10.1 Å². The van der Waals surface area contributed by atoms with Gasteiger partial charge in [0, 0.05) is 16.3 Å². The van der Waals surface area contributed by atoms with E-state index >= 15 is 0 Å². The molecule has 7 heteroatoms. The number of rotatable bonds is 4. The zero-order valence-corrected chi connectivity index (χ0v) is 17.2. The number of aromatic nitrogens is 1. The van der Waals surface area contributed by atoms with Gasteiger partial charge < -0.3 is 9.15 Å². The van der Waals surface area contributed by atoms with Crippen LogP contribution in [-0.4, -0.2) is 18.0 Å². The Morgan fingerprint density at radius 3 is 2.77 bits per heavy atom. The number of ether oxygens (including phenoxy) is 1. The Morgan fingerprint density at radius 1 is 1.03 bits per heavy atom. The fourth-order valence-electron chi connectivity index (χ4n) is 3.44. The van der Waals surface area contributed by atoms with Gasteiger partial charge in [0.25, 0.3) is 5.91 Å². The number of methoxy groups -OCH3 is 1. The second-order valence-corrected chi connectivity index (χ2v) is 7.73. The van der Waals surface area contributed by atoms with Crippen molar-refractivity contribution in [2.45, 2.75) is 0 Å². The first-order chi connectivity index (χ1) is 15.1. The van der Waals surface area contributed by atoms with Crippen LogP contribution in [0.1, 0.15) is 10.4 Å². The molecule has 6 nitrogen and oxygen atoms in total. The largest absolute Gasteiger partial charge is 0.497 e. The monoisotopic (exact) mass is 428 g/mol. The van der Waals surface area contributed by atoms with Crippen LogP contribution in [-0.2, 0) is 0 Å². The quantitative estimate of drug-likeness (QED) is 0.309. The number of benzene rings is 3. The van der Waals surface area contributed by atoms with Crippen molar-refractivity contribution in [1.29, 1.82) is 0 Å². The van der Waals surface area contributed by atoms with Gasteiger partial charge in [0.2, 0.25) is 0 Å². The minimum atomic E-state index is -0.690. The Bertz CT molecular complexity index is 1500. The van der Waals surface area contributed by atoms with Gasteiger partial charge in [-0.2, -0.15) is 0 Å². The SMILES string of the molecule is COc1cccc(-c2csc(NC(=O)c3cc4c(ccc5ccccc54)oc3=O)n2)c1. The maximum Gasteiger partial charge on any atom is 0.349 e. The van der Waals surface area contributed by atoms with E-state index in [0.717, 1.165) is 22.1 Å². The van der Waals surface area contributed by atoms with Crippen molar-refractivity contribution in [1.82, 2.24) is 4.98 Å². The van der Waals surface area contributed by atoms with E-state index < -0.39 is 11.5 Å². The average molecular weight is 428 g/mol. The Morgan fingerprint density at radius 2 is 1.90 bits per heavy atom. The van der Waals surface area contributed by atoms with Crippen LogP contribution in [0.15, 0.2) is 81.3 Å². The molecule has 0 fully saturated rings. The number of thiazole rings is 1. The zero-order chi connectivity index (χ0) is 21.4. The molecule has 31 heavy (non-hydrogen) atoms. The van der Waals surface area contributed by atoms with Crippen LogP contribution in [0.3, 0.4) is 0 Å². The highest BCUT2D eigenvalue weighted by atomic mass is 32.1. The molecule has 0 saturated heterocycles. The second kappa shape index (κ2) is 7.70. The van der Waals surface area contributed by atoms with Crippen molar-refractivity contribution in [2.24, 2.45) is 0 Å². The van der Waals surface area contributed by atoms with Crippen LogP contribution in [0.2, 0.25) is 0 Å². The second-order valence-electron chi connectivity index (χ2n) is 6.87. The van der Waals surface area contributed by atoms with Gasteiger partial charge in [-0.15, -0.1) is 11.3 Å². The lowest BCUT2D eigenvalue weighted by atomic mass is 10.0. The van der Waals surface area contributed by atoms with E-state index in [4.69, 9.17) is 9.15 Å². The van der Waals surface area contributed by atoms with Crippen molar-refractivity contribution >= 4 is 44.1 Å². The van der Waals surface area contributed by atoms with Gasteiger partial charge in [0.1, 0.15) is 16.9 Å². The maximum atomic E-state index is 12.8. The molecule has 0 atom stereocenters. The summed E-state index contributed by atoms with van der Waals surface area (Å²) in [6.07, 6.45) is 0. The van der Waals surface area contributed by atoms with Crippen LogP contribution in [0.25, 0.3) is 33.0 Å². The Labute approximate surface area is 180 Å². The molecule has 0 unspecified atom stereocenters. The van der Waals surface area contributed by atoms with Gasteiger partial charge in [-0.1, -0.05) is 42.5 Å². The molecule has 0 spiro atoms. The first-order valence-electron chi connectivity index (χ1n) is 9.49. The molecule has 2 aromatic heterocycles. The molecule has 2 heterocycles. The Hall–Kier alpha value is -3.97. The summed E-state index contributed by atoms with van der Waals surface area (Å²) in [5.74, 6) is 0.159. The molecule has 152 valence electrons. The van der Waals surface area contributed by atoms with Crippen LogP contribution >= 0.6 is 11.3 Å². The van der Waals surface area contributed by atoms with E-state index in [1.807, 2.05) is 60.0 Å². The van der Waals surface area contributed by atoms with Crippen molar-refractivity contribution < 1.29 is 13.9 Å². The summed E-state index contributed by atoms with van der Waals surface area (Å²) in [6.45, 7) is 0. The molecule has 1 amide bonds. The summed E-state index contributed by atoms with van der Waals surface area (Å²) in [5.41, 5.74) is 1.25. The average Bonchev–Trinajstić information content (AvgIpc) is 3.27. The van der Waals surface area contributed by atoms with E-state index in [9.17, 15) is 9.59 Å². The van der Waals surface area contributed by atoms with Gasteiger partial charge in [0.15, 0.2) is 5.13 Å². The Balaban J connectivity index is 1.48. The molecule has 0 aliphatic heterocycles. The minimum absolute atomic E-state index is 0.0676. The number of nitrogens with one attached hydrogen (secondary N) is 1. The fourth-order valence-corrected chi connectivity index (χ4v) is 4.16. The highest BCUT2D eigenvalue weighted by Crippen LogP contribution is 2.28. The van der Waals surface area contributed by atoms with E-state index in [1.54, 1.807) is 19.2 Å². The number of carbonyl (C=O) groups excluding carboxylic acids is 1. The molecule has 5 rings (SSSR count). The summed E-state index contributed by atoms with van der Waals surface area (Å²) in [6, 6.07) is 20.4. The van der Waals surface area contributed by atoms with E-state index in [1.165, 1.54) is 11.3 Å². The molecule has 0 radical (unpaired) electrons. The topological polar surface area (TPSA) is 81.4 Å². The van der Waals surface area contributed by atoms with Gasteiger partial charge in [-0.25, -0.2) is 9.78 Å². The summed E-state index contributed by atoms with van der Waals surface area (Å²) in [7, 11) is 1.60. The fraction of sp³-hybridized carbons (Fsp3) is 0.0417. The first-order valence-corrected chi connectivity index (χ1v) is 10.4. The molecule has 3 aromatic carbocycles.